The van der Waals surface area contributed by atoms with E-state index in [0.717, 1.165) is 31.5 Å². The van der Waals surface area contributed by atoms with Gasteiger partial charge in [-0.2, -0.15) is 0 Å². The molecule has 0 aromatic carbocycles. The van der Waals surface area contributed by atoms with Gasteiger partial charge in [-0.15, -0.1) is 0 Å². The van der Waals surface area contributed by atoms with E-state index in [0.29, 0.717) is 19.8 Å². The first-order chi connectivity index (χ1) is 8.68. The predicted octanol–water partition coefficient (Wildman–Crippen LogP) is 0.464. The van der Waals surface area contributed by atoms with Gasteiger partial charge in [0.2, 0.25) is 5.91 Å². The molecule has 0 bridgehead atoms. The number of ether oxygens (including phenoxy) is 2. The molecule has 104 valence electrons. The van der Waals surface area contributed by atoms with E-state index < -0.39 is 0 Å². The summed E-state index contributed by atoms with van der Waals surface area (Å²) in [6, 6.07) is 0. The Bertz CT molecular complexity index is 263. The normalized spacial score (nSPS) is 16.5. The van der Waals surface area contributed by atoms with E-state index in [2.05, 4.69) is 17.2 Å². The molecule has 1 heterocycles. The zero-order valence-corrected chi connectivity index (χ0v) is 11.2. The minimum atomic E-state index is -0.0764. The van der Waals surface area contributed by atoms with Gasteiger partial charge in [0.15, 0.2) is 0 Å². The largest absolute Gasteiger partial charge is 0.375 e. The van der Waals surface area contributed by atoms with E-state index in [1.165, 1.54) is 0 Å². The van der Waals surface area contributed by atoms with Crippen molar-refractivity contribution in [3.05, 3.63) is 12.2 Å². The van der Waals surface area contributed by atoms with Crippen molar-refractivity contribution in [3.8, 4) is 0 Å². The van der Waals surface area contributed by atoms with Crippen LogP contribution in [0.2, 0.25) is 0 Å². The third kappa shape index (κ3) is 7.42. The molecule has 1 saturated heterocycles. The molecule has 1 aliphatic rings. The number of carbonyl (C=O) groups is 1. The molecule has 0 spiro atoms. The molecule has 1 amide bonds. The predicted molar refractivity (Wildman–Crippen MR) is 70.5 cm³/mol. The molecule has 0 saturated carbocycles. The quantitative estimate of drug-likeness (QED) is 0.489. The number of hydrogen-bond acceptors (Lipinski definition) is 4. The topological polar surface area (TPSA) is 59.6 Å². The van der Waals surface area contributed by atoms with Gasteiger partial charge in [-0.05, 0) is 32.9 Å². The van der Waals surface area contributed by atoms with Gasteiger partial charge in [0.25, 0.3) is 0 Å². The van der Waals surface area contributed by atoms with Gasteiger partial charge >= 0.3 is 0 Å². The number of carbonyl (C=O) groups excluding carboxylic acids is 1. The second-order valence-corrected chi connectivity index (χ2v) is 4.62. The molecule has 1 aliphatic heterocycles. The van der Waals surface area contributed by atoms with E-state index in [1.54, 1.807) is 0 Å². The maximum Gasteiger partial charge on any atom is 0.246 e. The second kappa shape index (κ2) is 9.08. The van der Waals surface area contributed by atoms with Crippen LogP contribution in [-0.2, 0) is 14.3 Å². The molecule has 18 heavy (non-hydrogen) atoms. The number of piperidine rings is 1. The molecule has 0 radical (unpaired) electrons. The maximum absolute atomic E-state index is 11.5. The van der Waals surface area contributed by atoms with E-state index >= 15 is 0 Å². The number of rotatable bonds is 8. The fraction of sp³-hybridized carbons (Fsp3) is 0.769. The monoisotopic (exact) mass is 256 g/mol. The third-order valence-corrected chi connectivity index (χ3v) is 2.65. The smallest absolute Gasteiger partial charge is 0.246 e. The van der Waals surface area contributed by atoms with E-state index in [4.69, 9.17) is 9.47 Å². The van der Waals surface area contributed by atoms with Crippen LogP contribution >= 0.6 is 0 Å². The van der Waals surface area contributed by atoms with Crippen molar-refractivity contribution in [2.24, 2.45) is 0 Å². The van der Waals surface area contributed by atoms with E-state index in [9.17, 15) is 4.79 Å². The first-order valence-electron chi connectivity index (χ1n) is 6.49. The Balaban J connectivity index is 1.94. The zero-order valence-electron chi connectivity index (χ0n) is 11.2. The summed E-state index contributed by atoms with van der Waals surface area (Å²) in [5.41, 5.74) is 0.982. The van der Waals surface area contributed by atoms with Gasteiger partial charge in [-0.25, -0.2) is 0 Å². The Morgan fingerprint density at radius 2 is 2.11 bits per heavy atom. The lowest BCUT2D eigenvalue weighted by molar-refractivity contribution is -0.128. The zero-order chi connectivity index (χ0) is 13.2. The van der Waals surface area contributed by atoms with Crippen molar-refractivity contribution in [3.63, 3.8) is 0 Å². The fourth-order valence-electron chi connectivity index (χ4n) is 1.72. The van der Waals surface area contributed by atoms with Crippen molar-refractivity contribution >= 4 is 5.91 Å². The fourth-order valence-corrected chi connectivity index (χ4v) is 1.72. The van der Waals surface area contributed by atoms with Crippen LogP contribution in [0.5, 0.6) is 0 Å². The van der Waals surface area contributed by atoms with Gasteiger partial charge in [0.05, 0.1) is 19.3 Å². The lowest BCUT2D eigenvalue weighted by atomic mass is 10.1. The Hall–Kier alpha value is -0.910. The van der Waals surface area contributed by atoms with Crippen LogP contribution in [0.4, 0.5) is 0 Å². The van der Waals surface area contributed by atoms with Crippen LogP contribution < -0.4 is 10.6 Å². The standard InChI is InChI=1S/C13H24N2O3/c1-11(2)9-17-8-7-15-13(16)10-18-12-3-5-14-6-4-12/h12,14H,1,3-10H2,2H3,(H,15,16). The third-order valence-electron chi connectivity index (χ3n) is 2.65. The Morgan fingerprint density at radius 3 is 2.78 bits per heavy atom. The molecule has 0 aliphatic carbocycles. The average Bonchev–Trinajstić information content (AvgIpc) is 2.37. The molecule has 5 nitrogen and oxygen atoms in total. The first kappa shape index (κ1) is 15.1. The highest BCUT2D eigenvalue weighted by molar-refractivity contribution is 5.77. The highest BCUT2D eigenvalue weighted by atomic mass is 16.5. The number of nitrogens with one attached hydrogen (secondary N) is 2. The highest BCUT2D eigenvalue weighted by Crippen LogP contribution is 2.06. The summed E-state index contributed by atoms with van der Waals surface area (Å²) < 4.78 is 10.8. The maximum atomic E-state index is 11.5. The van der Waals surface area contributed by atoms with Crippen molar-refractivity contribution in [2.45, 2.75) is 25.9 Å². The van der Waals surface area contributed by atoms with Crippen LogP contribution in [0.3, 0.4) is 0 Å². The summed E-state index contributed by atoms with van der Waals surface area (Å²) in [7, 11) is 0. The van der Waals surface area contributed by atoms with Gasteiger partial charge < -0.3 is 20.1 Å². The van der Waals surface area contributed by atoms with Crippen LogP contribution in [0.15, 0.2) is 12.2 Å². The van der Waals surface area contributed by atoms with Crippen molar-refractivity contribution in [1.82, 2.24) is 10.6 Å². The number of hydrogen-bond donors (Lipinski definition) is 2. The Kier molecular flexibility index (Phi) is 7.64. The minimum Gasteiger partial charge on any atom is -0.375 e. The molecule has 1 rings (SSSR count). The summed E-state index contributed by atoms with van der Waals surface area (Å²) >= 11 is 0. The van der Waals surface area contributed by atoms with E-state index in [1.807, 2.05) is 6.92 Å². The Morgan fingerprint density at radius 1 is 1.39 bits per heavy atom. The second-order valence-electron chi connectivity index (χ2n) is 4.62. The molecule has 0 aromatic heterocycles. The molecule has 0 unspecified atom stereocenters. The summed E-state index contributed by atoms with van der Waals surface area (Å²) in [4.78, 5) is 11.5. The van der Waals surface area contributed by atoms with Crippen LogP contribution in [0.25, 0.3) is 0 Å². The average molecular weight is 256 g/mol. The summed E-state index contributed by atoms with van der Waals surface area (Å²) in [5, 5.41) is 6.02. The molecular formula is C13H24N2O3. The van der Waals surface area contributed by atoms with Crippen LogP contribution in [-0.4, -0.2) is 51.5 Å². The lowest BCUT2D eigenvalue weighted by Gasteiger charge is -2.22. The Labute approximate surface area is 109 Å². The van der Waals surface area contributed by atoms with Gasteiger partial charge in [0, 0.05) is 6.54 Å². The lowest BCUT2D eigenvalue weighted by Crippen LogP contribution is -2.36. The van der Waals surface area contributed by atoms with Crippen LogP contribution in [0, 0.1) is 0 Å². The minimum absolute atomic E-state index is 0.0764. The van der Waals surface area contributed by atoms with E-state index in [-0.39, 0.29) is 18.6 Å². The molecule has 5 heteroatoms. The van der Waals surface area contributed by atoms with Gasteiger partial charge in [-0.3, -0.25) is 4.79 Å². The van der Waals surface area contributed by atoms with Crippen molar-refractivity contribution in [1.29, 1.82) is 0 Å². The molecular weight excluding hydrogens is 232 g/mol. The van der Waals surface area contributed by atoms with Crippen molar-refractivity contribution < 1.29 is 14.3 Å². The number of amides is 1. The molecule has 1 fully saturated rings. The van der Waals surface area contributed by atoms with Gasteiger partial charge in [-0.1, -0.05) is 12.2 Å². The molecule has 0 aromatic rings. The van der Waals surface area contributed by atoms with Crippen molar-refractivity contribution in [2.75, 3.05) is 39.5 Å². The van der Waals surface area contributed by atoms with Gasteiger partial charge in [0.1, 0.15) is 6.61 Å². The first-order valence-corrected chi connectivity index (χ1v) is 6.49. The molecule has 2 N–H and O–H groups in total. The summed E-state index contributed by atoms with van der Waals surface area (Å²) in [6.45, 7) is 9.29. The summed E-state index contributed by atoms with van der Waals surface area (Å²) in [6.07, 6.45) is 2.18. The molecule has 0 atom stereocenters. The summed E-state index contributed by atoms with van der Waals surface area (Å²) in [5.74, 6) is -0.0764. The highest BCUT2D eigenvalue weighted by Gasteiger charge is 2.14. The van der Waals surface area contributed by atoms with Crippen LogP contribution in [0.1, 0.15) is 19.8 Å². The SMILES string of the molecule is C=C(C)COCCNC(=O)COC1CCNCC1.